The van der Waals surface area contributed by atoms with Gasteiger partial charge in [-0.1, -0.05) is 19.1 Å². The van der Waals surface area contributed by atoms with Crippen LogP contribution in [0.25, 0.3) is 11.2 Å². The van der Waals surface area contributed by atoms with Crippen LogP contribution in [-0.2, 0) is 13.5 Å². The zero-order chi connectivity index (χ0) is 14.1. The smallest absolute Gasteiger partial charge is 0.177 e. The fourth-order valence-corrected chi connectivity index (χ4v) is 2.47. The average molecular weight is 266 g/mol. The highest BCUT2D eigenvalue weighted by atomic mass is 15.1. The Morgan fingerprint density at radius 3 is 2.65 bits per heavy atom. The summed E-state index contributed by atoms with van der Waals surface area (Å²) in [7, 11) is 2.04. The van der Waals surface area contributed by atoms with Crippen molar-refractivity contribution in [3.8, 4) is 0 Å². The number of pyridine rings is 1. The van der Waals surface area contributed by atoms with Gasteiger partial charge in [0.15, 0.2) is 5.65 Å². The molecular weight excluding hydrogens is 248 g/mol. The Balaban J connectivity index is 1.89. The molecule has 3 rings (SSSR count). The fourth-order valence-electron chi connectivity index (χ4n) is 2.47. The summed E-state index contributed by atoms with van der Waals surface area (Å²) in [5.74, 6) is 1.45. The summed E-state index contributed by atoms with van der Waals surface area (Å²) in [6.07, 6.45) is 2.67. The molecule has 1 atom stereocenters. The monoisotopic (exact) mass is 266 g/mol. The van der Waals surface area contributed by atoms with Crippen molar-refractivity contribution >= 4 is 16.9 Å². The van der Waals surface area contributed by atoms with Gasteiger partial charge in [0, 0.05) is 25.4 Å². The lowest BCUT2D eigenvalue weighted by molar-refractivity contribution is 0.690. The van der Waals surface area contributed by atoms with Gasteiger partial charge in [0.25, 0.3) is 0 Å². The molecular formula is C16H18N4. The molecule has 2 aromatic heterocycles. The maximum Gasteiger partial charge on any atom is 0.177 e. The molecule has 1 unspecified atom stereocenters. The zero-order valence-corrected chi connectivity index (χ0v) is 11.7. The van der Waals surface area contributed by atoms with E-state index in [0.717, 1.165) is 29.1 Å². The Morgan fingerprint density at radius 1 is 1.20 bits per heavy atom. The van der Waals surface area contributed by atoms with Crippen LogP contribution in [0.2, 0.25) is 0 Å². The van der Waals surface area contributed by atoms with Crippen LogP contribution in [0.3, 0.4) is 0 Å². The Labute approximate surface area is 118 Å². The van der Waals surface area contributed by atoms with Crippen molar-refractivity contribution in [3.63, 3.8) is 0 Å². The first-order chi connectivity index (χ1) is 9.65. The van der Waals surface area contributed by atoms with E-state index >= 15 is 0 Å². The Kier molecular flexibility index (Phi) is 3.14. The minimum Gasteiger partial charge on any atom is -0.399 e. The molecule has 0 aliphatic heterocycles. The number of hydrogen-bond acceptors (Lipinski definition) is 3. The number of rotatable bonds is 3. The highest BCUT2D eigenvalue weighted by Crippen LogP contribution is 2.22. The summed E-state index contributed by atoms with van der Waals surface area (Å²) < 4.78 is 2.12. The number of nitrogen functional groups attached to an aromatic ring is 1. The predicted molar refractivity (Wildman–Crippen MR) is 81.5 cm³/mol. The summed E-state index contributed by atoms with van der Waals surface area (Å²) in [6.45, 7) is 2.21. The van der Waals surface area contributed by atoms with E-state index in [0.29, 0.717) is 5.92 Å². The first-order valence-corrected chi connectivity index (χ1v) is 6.77. The number of aryl methyl sites for hydroxylation is 1. The summed E-state index contributed by atoms with van der Waals surface area (Å²) >= 11 is 0. The van der Waals surface area contributed by atoms with Gasteiger partial charge in [0.1, 0.15) is 5.82 Å². The summed E-state index contributed by atoms with van der Waals surface area (Å²) in [5, 5.41) is 0. The van der Waals surface area contributed by atoms with E-state index in [2.05, 4.69) is 33.6 Å². The maximum absolute atomic E-state index is 5.73. The molecule has 20 heavy (non-hydrogen) atoms. The van der Waals surface area contributed by atoms with Crippen LogP contribution in [0.1, 0.15) is 24.2 Å². The number of hydrogen-bond donors (Lipinski definition) is 1. The molecule has 3 aromatic rings. The number of aromatic nitrogens is 3. The molecule has 0 aliphatic carbocycles. The lowest BCUT2D eigenvalue weighted by Gasteiger charge is -2.12. The summed E-state index contributed by atoms with van der Waals surface area (Å²) in [5.41, 5.74) is 9.70. The van der Waals surface area contributed by atoms with E-state index in [1.54, 1.807) is 6.20 Å². The molecule has 4 nitrogen and oxygen atoms in total. The Bertz CT molecular complexity index is 728. The van der Waals surface area contributed by atoms with Crippen LogP contribution in [0.4, 0.5) is 5.69 Å². The number of benzene rings is 1. The molecule has 102 valence electrons. The van der Waals surface area contributed by atoms with Gasteiger partial charge >= 0.3 is 0 Å². The molecule has 0 saturated carbocycles. The third-order valence-electron chi connectivity index (χ3n) is 3.74. The molecule has 0 amide bonds. The second-order valence-corrected chi connectivity index (χ2v) is 5.21. The van der Waals surface area contributed by atoms with Gasteiger partial charge < -0.3 is 10.3 Å². The van der Waals surface area contributed by atoms with E-state index in [1.165, 1.54) is 5.56 Å². The van der Waals surface area contributed by atoms with Crippen LogP contribution in [0.15, 0.2) is 42.6 Å². The molecule has 0 spiro atoms. The van der Waals surface area contributed by atoms with Gasteiger partial charge in [-0.05, 0) is 35.7 Å². The summed E-state index contributed by atoms with van der Waals surface area (Å²) in [4.78, 5) is 8.93. The lowest BCUT2D eigenvalue weighted by atomic mass is 9.97. The Hall–Kier alpha value is -2.36. The third-order valence-corrected chi connectivity index (χ3v) is 3.74. The molecule has 4 heteroatoms. The zero-order valence-electron chi connectivity index (χ0n) is 11.7. The van der Waals surface area contributed by atoms with Gasteiger partial charge in [0.2, 0.25) is 0 Å². The van der Waals surface area contributed by atoms with Gasteiger partial charge in [-0.2, -0.15) is 0 Å². The second-order valence-electron chi connectivity index (χ2n) is 5.21. The van der Waals surface area contributed by atoms with Crippen LogP contribution in [0.5, 0.6) is 0 Å². The van der Waals surface area contributed by atoms with E-state index in [1.807, 2.05) is 31.3 Å². The highest BCUT2D eigenvalue weighted by molar-refractivity contribution is 5.71. The molecule has 0 saturated heterocycles. The van der Waals surface area contributed by atoms with Crippen LogP contribution in [0, 0.1) is 0 Å². The first-order valence-electron chi connectivity index (χ1n) is 6.77. The van der Waals surface area contributed by atoms with E-state index < -0.39 is 0 Å². The molecule has 0 fully saturated rings. The highest BCUT2D eigenvalue weighted by Gasteiger charge is 2.13. The molecule has 0 bridgehead atoms. The van der Waals surface area contributed by atoms with Gasteiger partial charge in [-0.15, -0.1) is 0 Å². The lowest BCUT2D eigenvalue weighted by Crippen LogP contribution is -2.04. The van der Waals surface area contributed by atoms with E-state index in [9.17, 15) is 0 Å². The average Bonchev–Trinajstić information content (AvgIpc) is 2.77. The number of fused-ring (bicyclic) bond motifs is 1. The number of anilines is 1. The van der Waals surface area contributed by atoms with Gasteiger partial charge in [-0.3, -0.25) is 0 Å². The van der Waals surface area contributed by atoms with Crippen molar-refractivity contribution in [1.29, 1.82) is 0 Å². The standard InChI is InChI=1S/C16H18N4/c1-11(12-5-7-13(17)8-6-12)10-15-19-16-14(20(15)2)4-3-9-18-16/h3-9,11H,10,17H2,1-2H3. The number of imidazole rings is 1. The molecule has 0 radical (unpaired) electrons. The maximum atomic E-state index is 5.73. The second kappa shape index (κ2) is 4.96. The van der Waals surface area contributed by atoms with Crippen LogP contribution >= 0.6 is 0 Å². The van der Waals surface area contributed by atoms with Crippen LogP contribution in [-0.4, -0.2) is 14.5 Å². The van der Waals surface area contributed by atoms with Gasteiger partial charge in [0.05, 0.1) is 5.52 Å². The largest absolute Gasteiger partial charge is 0.399 e. The number of nitrogens with two attached hydrogens (primary N) is 1. The fraction of sp³-hybridized carbons (Fsp3) is 0.250. The van der Waals surface area contributed by atoms with Gasteiger partial charge in [-0.25, -0.2) is 9.97 Å². The van der Waals surface area contributed by atoms with Crippen molar-refractivity contribution in [1.82, 2.24) is 14.5 Å². The molecule has 1 aromatic carbocycles. The molecule has 2 heterocycles. The third kappa shape index (κ3) is 2.25. The van der Waals surface area contributed by atoms with E-state index in [-0.39, 0.29) is 0 Å². The van der Waals surface area contributed by atoms with E-state index in [4.69, 9.17) is 5.73 Å². The van der Waals surface area contributed by atoms with Crippen molar-refractivity contribution in [2.24, 2.45) is 7.05 Å². The number of nitrogens with zero attached hydrogens (tertiary/aromatic N) is 3. The predicted octanol–water partition coefficient (Wildman–Crippen LogP) is 2.90. The van der Waals surface area contributed by atoms with Crippen molar-refractivity contribution in [2.45, 2.75) is 19.3 Å². The van der Waals surface area contributed by atoms with Crippen molar-refractivity contribution in [2.75, 3.05) is 5.73 Å². The molecule has 2 N–H and O–H groups in total. The van der Waals surface area contributed by atoms with Crippen molar-refractivity contribution in [3.05, 3.63) is 54.0 Å². The SMILES string of the molecule is CC(Cc1nc2ncccc2n1C)c1ccc(N)cc1. The quantitative estimate of drug-likeness (QED) is 0.742. The first kappa shape index (κ1) is 12.7. The topological polar surface area (TPSA) is 56.7 Å². The molecule has 0 aliphatic rings. The minimum absolute atomic E-state index is 0.395. The normalized spacial score (nSPS) is 12.7. The summed E-state index contributed by atoms with van der Waals surface area (Å²) in [6, 6.07) is 12.1. The van der Waals surface area contributed by atoms with Crippen molar-refractivity contribution < 1.29 is 0 Å². The minimum atomic E-state index is 0.395. The van der Waals surface area contributed by atoms with Crippen LogP contribution < -0.4 is 5.73 Å². The Morgan fingerprint density at radius 2 is 1.95 bits per heavy atom.